The number of anilines is 2. The molecule has 1 saturated heterocycles. The molecule has 7 nitrogen and oxygen atoms in total. The van der Waals surface area contributed by atoms with Crippen LogP contribution in [0.5, 0.6) is 5.88 Å². The van der Waals surface area contributed by atoms with Gasteiger partial charge in [-0.3, -0.25) is 0 Å². The van der Waals surface area contributed by atoms with Crippen LogP contribution < -0.4 is 15.0 Å². The lowest BCUT2D eigenvalue weighted by molar-refractivity contribution is 0.266. The number of nitrogens with one attached hydrogen (secondary N) is 1. The summed E-state index contributed by atoms with van der Waals surface area (Å²) in [6.07, 6.45) is 5.41. The predicted octanol–water partition coefficient (Wildman–Crippen LogP) is 1.45. The molecular formula is C16H21N5O2. The molecule has 2 aromatic rings. The SMILES string of the molecule is COc1ccc(CNc2cc(N3CCC[C@@H]3CO)ncn2)cn1. The number of aliphatic hydroxyl groups is 1. The molecule has 23 heavy (non-hydrogen) atoms. The zero-order chi connectivity index (χ0) is 16.1. The van der Waals surface area contributed by atoms with E-state index in [9.17, 15) is 5.11 Å². The Morgan fingerprint density at radius 3 is 3.00 bits per heavy atom. The van der Waals surface area contributed by atoms with Gasteiger partial charge < -0.3 is 20.1 Å². The number of ether oxygens (including phenoxy) is 1. The standard InChI is InChI=1S/C16H21N5O2/c1-23-16-5-4-12(9-18-16)8-17-14-7-15(20-11-19-14)21-6-2-3-13(21)10-22/h4-5,7,9,11,13,22H,2-3,6,8,10H2,1H3,(H,17,19,20)/t13-/m1/s1. The summed E-state index contributed by atoms with van der Waals surface area (Å²) in [5.41, 5.74) is 1.04. The third-order valence-electron chi connectivity index (χ3n) is 4.02. The second-order valence-electron chi connectivity index (χ2n) is 5.50. The highest BCUT2D eigenvalue weighted by Gasteiger charge is 2.25. The van der Waals surface area contributed by atoms with Gasteiger partial charge in [-0.25, -0.2) is 15.0 Å². The van der Waals surface area contributed by atoms with Gasteiger partial charge in [0, 0.05) is 31.4 Å². The van der Waals surface area contributed by atoms with E-state index in [0.717, 1.165) is 36.6 Å². The lowest BCUT2D eigenvalue weighted by atomic mass is 10.2. The van der Waals surface area contributed by atoms with Gasteiger partial charge in [-0.2, -0.15) is 0 Å². The van der Waals surface area contributed by atoms with Crippen LogP contribution in [0.3, 0.4) is 0 Å². The average molecular weight is 315 g/mol. The minimum atomic E-state index is 0.156. The number of methoxy groups -OCH3 is 1. The molecule has 1 aliphatic rings. The van der Waals surface area contributed by atoms with E-state index < -0.39 is 0 Å². The molecule has 0 aliphatic carbocycles. The number of hydrogen-bond donors (Lipinski definition) is 2. The van der Waals surface area contributed by atoms with Crippen molar-refractivity contribution in [1.82, 2.24) is 15.0 Å². The van der Waals surface area contributed by atoms with Crippen LogP contribution in [0.25, 0.3) is 0 Å². The summed E-state index contributed by atoms with van der Waals surface area (Å²) < 4.78 is 5.05. The van der Waals surface area contributed by atoms with Crippen LogP contribution in [0.2, 0.25) is 0 Å². The molecule has 0 radical (unpaired) electrons. The molecule has 1 aliphatic heterocycles. The van der Waals surface area contributed by atoms with Crippen LogP contribution in [-0.2, 0) is 6.54 Å². The highest BCUT2D eigenvalue weighted by molar-refractivity contribution is 5.50. The first kappa shape index (κ1) is 15.5. The van der Waals surface area contributed by atoms with Gasteiger partial charge in [-0.15, -0.1) is 0 Å². The van der Waals surface area contributed by atoms with Crippen LogP contribution in [0.15, 0.2) is 30.7 Å². The van der Waals surface area contributed by atoms with Gasteiger partial charge in [0.05, 0.1) is 19.8 Å². The summed E-state index contributed by atoms with van der Waals surface area (Å²) in [6.45, 7) is 1.70. The van der Waals surface area contributed by atoms with E-state index in [1.807, 2.05) is 18.2 Å². The van der Waals surface area contributed by atoms with E-state index in [0.29, 0.717) is 12.4 Å². The molecule has 0 saturated carbocycles. The summed E-state index contributed by atoms with van der Waals surface area (Å²) in [4.78, 5) is 14.9. The number of rotatable bonds is 6. The zero-order valence-electron chi connectivity index (χ0n) is 13.1. The first-order valence-electron chi connectivity index (χ1n) is 7.72. The minimum Gasteiger partial charge on any atom is -0.481 e. The van der Waals surface area contributed by atoms with Crippen LogP contribution >= 0.6 is 0 Å². The smallest absolute Gasteiger partial charge is 0.212 e. The third-order valence-corrected chi connectivity index (χ3v) is 4.02. The maximum Gasteiger partial charge on any atom is 0.212 e. The van der Waals surface area contributed by atoms with E-state index >= 15 is 0 Å². The Kier molecular flexibility index (Phi) is 4.87. The first-order chi connectivity index (χ1) is 11.3. The number of nitrogens with zero attached hydrogens (tertiary/aromatic N) is 4. The Morgan fingerprint density at radius 1 is 1.35 bits per heavy atom. The van der Waals surface area contributed by atoms with E-state index in [1.54, 1.807) is 19.6 Å². The van der Waals surface area contributed by atoms with Crippen molar-refractivity contribution in [3.63, 3.8) is 0 Å². The number of hydrogen-bond acceptors (Lipinski definition) is 7. The molecule has 1 fully saturated rings. The van der Waals surface area contributed by atoms with Crippen LogP contribution in [0, 0.1) is 0 Å². The first-order valence-corrected chi connectivity index (χ1v) is 7.72. The van der Waals surface area contributed by atoms with Crippen molar-refractivity contribution in [2.75, 3.05) is 30.5 Å². The second kappa shape index (κ2) is 7.23. The van der Waals surface area contributed by atoms with Crippen molar-refractivity contribution >= 4 is 11.6 Å². The fourth-order valence-corrected chi connectivity index (χ4v) is 2.76. The number of aromatic nitrogens is 3. The predicted molar refractivity (Wildman–Crippen MR) is 87.6 cm³/mol. The Labute approximate surface area is 135 Å². The Balaban J connectivity index is 1.65. The molecule has 3 heterocycles. The number of pyridine rings is 1. The van der Waals surface area contributed by atoms with E-state index in [4.69, 9.17) is 4.74 Å². The lowest BCUT2D eigenvalue weighted by Gasteiger charge is -2.24. The van der Waals surface area contributed by atoms with Gasteiger partial charge in [-0.05, 0) is 18.4 Å². The fraction of sp³-hybridized carbons (Fsp3) is 0.438. The molecular weight excluding hydrogens is 294 g/mol. The summed E-state index contributed by atoms with van der Waals surface area (Å²) in [7, 11) is 1.60. The molecule has 0 unspecified atom stereocenters. The van der Waals surface area contributed by atoms with E-state index in [1.165, 1.54) is 0 Å². The molecule has 2 aromatic heterocycles. The van der Waals surface area contributed by atoms with Crippen molar-refractivity contribution in [2.45, 2.75) is 25.4 Å². The summed E-state index contributed by atoms with van der Waals surface area (Å²) in [6, 6.07) is 5.87. The summed E-state index contributed by atoms with van der Waals surface area (Å²) in [5.74, 6) is 2.21. The maximum absolute atomic E-state index is 9.44. The van der Waals surface area contributed by atoms with Gasteiger partial charge in [-0.1, -0.05) is 6.07 Å². The van der Waals surface area contributed by atoms with Crippen molar-refractivity contribution in [3.8, 4) is 5.88 Å². The van der Waals surface area contributed by atoms with E-state index in [2.05, 4.69) is 25.2 Å². The van der Waals surface area contributed by atoms with Crippen molar-refractivity contribution in [2.24, 2.45) is 0 Å². The summed E-state index contributed by atoms with van der Waals surface area (Å²) in [5, 5.41) is 12.7. The monoisotopic (exact) mass is 315 g/mol. The number of aliphatic hydroxyl groups excluding tert-OH is 1. The molecule has 0 aromatic carbocycles. The van der Waals surface area contributed by atoms with Crippen molar-refractivity contribution < 1.29 is 9.84 Å². The largest absolute Gasteiger partial charge is 0.481 e. The Hall–Kier alpha value is -2.41. The van der Waals surface area contributed by atoms with Gasteiger partial charge in [0.15, 0.2) is 0 Å². The zero-order valence-corrected chi connectivity index (χ0v) is 13.1. The molecule has 0 bridgehead atoms. The quantitative estimate of drug-likeness (QED) is 0.835. The van der Waals surface area contributed by atoms with Crippen LogP contribution in [-0.4, -0.2) is 46.4 Å². The molecule has 0 amide bonds. The normalized spacial score (nSPS) is 17.3. The van der Waals surface area contributed by atoms with Gasteiger partial charge in [0.1, 0.15) is 18.0 Å². The van der Waals surface area contributed by atoms with Gasteiger partial charge in [0.2, 0.25) is 5.88 Å². The Morgan fingerprint density at radius 2 is 2.26 bits per heavy atom. The molecule has 2 N–H and O–H groups in total. The fourth-order valence-electron chi connectivity index (χ4n) is 2.76. The second-order valence-corrected chi connectivity index (χ2v) is 5.50. The average Bonchev–Trinajstić information content (AvgIpc) is 3.09. The topological polar surface area (TPSA) is 83.4 Å². The van der Waals surface area contributed by atoms with Crippen molar-refractivity contribution in [3.05, 3.63) is 36.3 Å². The Bertz CT molecular complexity index is 635. The molecule has 1 atom stereocenters. The third kappa shape index (κ3) is 3.68. The molecule has 3 rings (SSSR count). The van der Waals surface area contributed by atoms with E-state index in [-0.39, 0.29) is 12.6 Å². The van der Waals surface area contributed by atoms with Crippen LogP contribution in [0.4, 0.5) is 11.6 Å². The van der Waals surface area contributed by atoms with Gasteiger partial charge in [0.25, 0.3) is 0 Å². The van der Waals surface area contributed by atoms with Crippen LogP contribution in [0.1, 0.15) is 18.4 Å². The highest BCUT2D eigenvalue weighted by atomic mass is 16.5. The minimum absolute atomic E-state index is 0.156. The molecule has 122 valence electrons. The maximum atomic E-state index is 9.44. The molecule has 7 heteroatoms. The highest BCUT2D eigenvalue weighted by Crippen LogP contribution is 2.24. The lowest BCUT2D eigenvalue weighted by Crippen LogP contribution is -2.32. The molecule has 0 spiro atoms. The van der Waals surface area contributed by atoms with Crippen molar-refractivity contribution in [1.29, 1.82) is 0 Å². The summed E-state index contributed by atoms with van der Waals surface area (Å²) >= 11 is 0. The van der Waals surface area contributed by atoms with Gasteiger partial charge >= 0.3 is 0 Å².